The summed E-state index contributed by atoms with van der Waals surface area (Å²) in [4.78, 5) is 13.7. The number of unbranched alkanes of at least 4 members (excludes halogenated alkanes) is 1. The highest BCUT2D eigenvalue weighted by Crippen LogP contribution is 2.13. The Labute approximate surface area is 106 Å². The van der Waals surface area contributed by atoms with E-state index < -0.39 is 5.54 Å². The van der Waals surface area contributed by atoms with Gasteiger partial charge in [0.2, 0.25) is 5.91 Å². The summed E-state index contributed by atoms with van der Waals surface area (Å²) in [7, 11) is 1.79. The van der Waals surface area contributed by atoms with E-state index in [2.05, 4.69) is 24.1 Å². The van der Waals surface area contributed by atoms with Crippen molar-refractivity contribution in [2.45, 2.75) is 52.0 Å². The van der Waals surface area contributed by atoms with Gasteiger partial charge in [-0.05, 0) is 59.3 Å². The van der Waals surface area contributed by atoms with Crippen molar-refractivity contribution in [1.29, 1.82) is 0 Å². The molecular formula is C13H29N3O. The summed E-state index contributed by atoms with van der Waals surface area (Å²) < 4.78 is 0. The van der Waals surface area contributed by atoms with E-state index in [9.17, 15) is 4.79 Å². The molecule has 0 aromatic heterocycles. The summed E-state index contributed by atoms with van der Waals surface area (Å²) >= 11 is 0. The Kier molecular flexibility index (Phi) is 8.17. The van der Waals surface area contributed by atoms with Gasteiger partial charge in [0.05, 0.1) is 5.54 Å². The lowest BCUT2D eigenvalue weighted by molar-refractivity contribution is -0.123. The summed E-state index contributed by atoms with van der Waals surface area (Å²) in [6, 6.07) is 0. The first-order valence-electron chi connectivity index (χ1n) is 6.71. The van der Waals surface area contributed by atoms with Crippen molar-refractivity contribution in [3.63, 3.8) is 0 Å². The van der Waals surface area contributed by atoms with E-state index in [-0.39, 0.29) is 5.91 Å². The molecule has 0 aliphatic rings. The number of nitrogens with zero attached hydrogens (tertiary/aromatic N) is 1. The van der Waals surface area contributed by atoms with Gasteiger partial charge >= 0.3 is 0 Å². The number of amides is 1. The van der Waals surface area contributed by atoms with Crippen LogP contribution >= 0.6 is 0 Å². The first-order valence-corrected chi connectivity index (χ1v) is 6.71. The summed E-state index contributed by atoms with van der Waals surface area (Å²) in [6.07, 6.45) is 4.16. The fourth-order valence-corrected chi connectivity index (χ4v) is 1.93. The van der Waals surface area contributed by atoms with Crippen LogP contribution in [0.2, 0.25) is 0 Å². The van der Waals surface area contributed by atoms with Crippen molar-refractivity contribution in [3.05, 3.63) is 0 Å². The number of likely N-dealkylation sites (N-methyl/N-ethyl adjacent to an activating group) is 1. The summed E-state index contributed by atoms with van der Waals surface area (Å²) in [6.45, 7) is 9.65. The highest BCUT2D eigenvalue weighted by Gasteiger charge is 2.27. The predicted octanol–water partition coefficient (Wildman–Crippen LogP) is 1.35. The minimum absolute atomic E-state index is 0.263. The van der Waals surface area contributed by atoms with Crippen molar-refractivity contribution in [3.8, 4) is 0 Å². The van der Waals surface area contributed by atoms with Crippen molar-refractivity contribution in [1.82, 2.24) is 10.2 Å². The molecule has 0 fully saturated rings. The quantitative estimate of drug-likeness (QED) is 0.569. The molecule has 0 radical (unpaired) electrons. The summed E-state index contributed by atoms with van der Waals surface area (Å²) in [5, 5.41) is 3.02. The Morgan fingerprint density at radius 2 is 1.94 bits per heavy atom. The molecule has 0 saturated heterocycles. The minimum Gasteiger partial charge on any atom is -0.368 e. The molecule has 0 rings (SSSR count). The van der Waals surface area contributed by atoms with Gasteiger partial charge in [0.1, 0.15) is 0 Å². The van der Waals surface area contributed by atoms with E-state index in [1.165, 1.54) is 6.42 Å². The molecule has 0 spiro atoms. The first kappa shape index (κ1) is 16.4. The molecule has 0 aromatic rings. The number of primary amides is 1. The van der Waals surface area contributed by atoms with Crippen molar-refractivity contribution in [2.24, 2.45) is 5.73 Å². The van der Waals surface area contributed by atoms with Crippen LogP contribution in [0.5, 0.6) is 0 Å². The van der Waals surface area contributed by atoms with Gasteiger partial charge in [-0.25, -0.2) is 0 Å². The largest absolute Gasteiger partial charge is 0.368 e. The number of nitrogens with one attached hydrogen (secondary N) is 1. The Morgan fingerprint density at radius 3 is 2.35 bits per heavy atom. The molecule has 4 heteroatoms. The predicted molar refractivity (Wildman–Crippen MR) is 72.9 cm³/mol. The normalized spacial score (nSPS) is 14.9. The average Bonchev–Trinajstić information content (AvgIpc) is 2.32. The lowest BCUT2D eigenvalue weighted by Crippen LogP contribution is -2.51. The second-order valence-corrected chi connectivity index (χ2v) is 4.84. The lowest BCUT2D eigenvalue weighted by Gasteiger charge is -2.26. The number of hydrogen-bond donors (Lipinski definition) is 2. The SMILES string of the molecule is CCCN(CC)CCCCC(C)(NC)C(N)=O. The topological polar surface area (TPSA) is 58.4 Å². The molecule has 0 saturated carbocycles. The van der Waals surface area contributed by atoms with E-state index in [0.717, 1.165) is 38.9 Å². The lowest BCUT2D eigenvalue weighted by atomic mass is 9.94. The van der Waals surface area contributed by atoms with E-state index in [1.54, 1.807) is 7.05 Å². The molecule has 0 aliphatic heterocycles. The molecule has 1 atom stereocenters. The molecule has 1 unspecified atom stereocenters. The molecule has 17 heavy (non-hydrogen) atoms. The second-order valence-electron chi connectivity index (χ2n) is 4.84. The van der Waals surface area contributed by atoms with Crippen molar-refractivity contribution >= 4 is 5.91 Å². The second kappa shape index (κ2) is 8.48. The van der Waals surface area contributed by atoms with Crippen LogP contribution in [0, 0.1) is 0 Å². The molecular weight excluding hydrogens is 214 g/mol. The Balaban J connectivity index is 3.86. The number of rotatable bonds is 10. The minimum atomic E-state index is -0.554. The standard InChI is InChI=1S/C13H29N3O/c1-5-10-16(6-2)11-8-7-9-13(3,15-4)12(14)17/h15H,5-11H2,1-4H3,(H2,14,17). The third-order valence-corrected chi connectivity index (χ3v) is 3.48. The van der Waals surface area contributed by atoms with Crippen LogP contribution in [-0.2, 0) is 4.79 Å². The fraction of sp³-hybridized carbons (Fsp3) is 0.923. The maximum absolute atomic E-state index is 11.3. The average molecular weight is 243 g/mol. The van der Waals surface area contributed by atoms with Crippen molar-refractivity contribution < 1.29 is 4.79 Å². The smallest absolute Gasteiger partial charge is 0.237 e. The number of nitrogens with two attached hydrogens (primary N) is 1. The third-order valence-electron chi connectivity index (χ3n) is 3.48. The zero-order valence-electron chi connectivity index (χ0n) is 11.9. The molecule has 4 nitrogen and oxygen atoms in total. The van der Waals surface area contributed by atoms with E-state index >= 15 is 0 Å². The molecule has 0 aliphatic carbocycles. The number of hydrogen-bond acceptors (Lipinski definition) is 3. The monoisotopic (exact) mass is 243 g/mol. The van der Waals surface area contributed by atoms with Gasteiger partial charge in [0, 0.05) is 0 Å². The third kappa shape index (κ3) is 6.03. The first-order chi connectivity index (χ1) is 8.00. The Morgan fingerprint density at radius 1 is 1.29 bits per heavy atom. The maximum Gasteiger partial charge on any atom is 0.237 e. The Bertz CT molecular complexity index is 221. The van der Waals surface area contributed by atoms with Gasteiger partial charge in [-0.1, -0.05) is 13.8 Å². The van der Waals surface area contributed by atoms with E-state index in [4.69, 9.17) is 5.73 Å². The zero-order chi connectivity index (χ0) is 13.3. The highest BCUT2D eigenvalue weighted by atomic mass is 16.1. The van der Waals surface area contributed by atoms with Gasteiger partial charge < -0.3 is 16.0 Å². The zero-order valence-corrected chi connectivity index (χ0v) is 11.9. The van der Waals surface area contributed by atoms with Gasteiger partial charge in [-0.3, -0.25) is 4.79 Å². The maximum atomic E-state index is 11.3. The van der Waals surface area contributed by atoms with Crippen LogP contribution in [0.25, 0.3) is 0 Å². The van der Waals surface area contributed by atoms with Crippen LogP contribution in [0.1, 0.15) is 46.5 Å². The van der Waals surface area contributed by atoms with Gasteiger partial charge in [-0.15, -0.1) is 0 Å². The number of carbonyl (C=O) groups excluding carboxylic acids is 1. The molecule has 0 aromatic carbocycles. The highest BCUT2D eigenvalue weighted by molar-refractivity contribution is 5.84. The fourth-order valence-electron chi connectivity index (χ4n) is 1.93. The van der Waals surface area contributed by atoms with Crippen LogP contribution in [-0.4, -0.2) is 43.0 Å². The molecule has 0 heterocycles. The van der Waals surface area contributed by atoms with E-state index in [0.29, 0.717) is 0 Å². The van der Waals surface area contributed by atoms with Gasteiger partial charge in [-0.2, -0.15) is 0 Å². The van der Waals surface area contributed by atoms with Gasteiger partial charge in [0.15, 0.2) is 0 Å². The molecule has 3 N–H and O–H groups in total. The van der Waals surface area contributed by atoms with Crippen LogP contribution in [0.3, 0.4) is 0 Å². The summed E-state index contributed by atoms with van der Waals surface area (Å²) in [5.74, 6) is -0.263. The summed E-state index contributed by atoms with van der Waals surface area (Å²) in [5.41, 5.74) is 4.83. The van der Waals surface area contributed by atoms with Crippen LogP contribution in [0.4, 0.5) is 0 Å². The molecule has 102 valence electrons. The Hall–Kier alpha value is -0.610. The molecule has 1 amide bonds. The molecule has 0 bridgehead atoms. The van der Waals surface area contributed by atoms with Crippen LogP contribution in [0.15, 0.2) is 0 Å². The van der Waals surface area contributed by atoms with Crippen molar-refractivity contribution in [2.75, 3.05) is 26.7 Å². The van der Waals surface area contributed by atoms with Gasteiger partial charge in [0.25, 0.3) is 0 Å². The van der Waals surface area contributed by atoms with Crippen LogP contribution < -0.4 is 11.1 Å². The number of carbonyl (C=O) groups is 1. The van der Waals surface area contributed by atoms with E-state index in [1.807, 2.05) is 6.92 Å².